The highest BCUT2D eigenvalue weighted by Crippen LogP contribution is 2.23. The van der Waals surface area contributed by atoms with E-state index in [0.29, 0.717) is 6.04 Å². The molecule has 0 saturated heterocycles. The second kappa shape index (κ2) is 9.00. The van der Waals surface area contributed by atoms with Crippen LogP contribution in [0.2, 0.25) is 5.02 Å². The average molecular weight is 353 g/mol. The highest BCUT2D eigenvalue weighted by molar-refractivity contribution is 6.31. The molecular weight excluding hydrogens is 328 g/mol. The summed E-state index contributed by atoms with van der Waals surface area (Å²) in [6, 6.07) is 23.5. The third kappa shape index (κ3) is 4.82. The number of fused-ring (bicyclic) bond motifs is 1. The number of rotatable bonds is 8. The number of hydrogen-bond acceptors (Lipinski definition) is 2. The lowest BCUT2D eigenvalue weighted by Gasteiger charge is -2.17. The van der Waals surface area contributed by atoms with E-state index in [2.05, 4.69) is 66.1 Å². The van der Waals surface area contributed by atoms with E-state index in [1.807, 2.05) is 18.2 Å². The van der Waals surface area contributed by atoms with E-state index in [-0.39, 0.29) is 0 Å². The zero-order chi connectivity index (χ0) is 17.5. The summed E-state index contributed by atoms with van der Waals surface area (Å²) in [6.45, 7) is 5.05. The van der Waals surface area contributed by atoms with E-state index in [4.69, 9.17) is 11.6 Å². The van der Waals surface area contributed by atoms with Crippen LogP contribution in [-0.2, 0) is 6.42 Å². The van der Waals surface area contributed by atoms with E-state index < -0.39 is 0 Å². The molecular formula is C22H25ClN2. The van der Waals surface area contributed by atoms with E-state index in [9.17, 15) is 0 Å². The fraction of sp³-hybridized carbons (Fsp3) is 0.273. The first-order valence-corrected chi connectivity index (χ1v) is 9.28. The lowest BCUT2D eigenvalue weighted by molar-refractivity contribution is 0.549. The molecule has 1 atom stereocenters. The fourth-order valence-corrected chi connectivity index (χ4v) is 3.39. The molecule has 0 aromatic heterocycles. The van der Waals surface area contributed by atoms with Gasteiger partial charge in [-0.05, 0) is 47.9 Å². The molecule has 0 spiro atoms. The Hall–Kier alpha value is -1.87. The Morgan fingerprint density at radius 1 is 0.840 bits per heavy atom. The van der Waals surface area contributed by atoms with Crippen molar-refractivity contribution in [1.82, 2.24) is 10.6 Å². The van der Waals surface area contributed by atoms with Crippen LogP contribution in [0.25, 0.3) is 10.8 Å². The van der Waals surface area contributed by atoms with E-state index in [0.717, 1.165) is 31.1 Å². The quantitative estimate of drug-likeness (QED) is 0.559. The van der Waals surface area contributed by atoms with E-state index >= 15 is 0 Å². The maximum absolute atomic E-state index is 6.18. The molecule has 3 heteroatoms. The number of benzene rings is 3. The normalized spacial score (nSPS) is 12.4. The largest absolute Gasteiger partial charge is 0.315 e. The lowest BCUT2D eigenvalue weighted by Crippen LogP contribution is -2.30. The third-order valence-corrected chi connectivity index (χ3v) is 4.94. The molecule has 3 aromatic carbocycles. The molecule has 0 saturated carbocycles. The minimum Gasteiger partial charge on any atom is -0.315 e. The predicted molar refractivity (Wildman–Crippen MR) is 108 cm³/mol. The summed E-state index contributed by atoms with van der Waals surface area (Å²) in [6.07, 6.45) is 0.957. The Morgan fingerprint density at radius 3 is 2.48 bits per heavy atom. The minimum absolute atomic E-state index is 0.330. The van der Waals surface area contributed by atoms with Gasteiger partial charge in [0.1, 0.15) is 0 Å². The molecule has 0 aliphatic heterocycles. The van der Waals surface area contributed by atoms with E-state index in [1.54, 1.807) is 0 Å². The summed E-state index contributed by atoms with van der Waals surface area (Å²) < 4.78 is 0. The Morgan fingerprint density at radius 2 is 1.60 bits per heavy atom. The topological polar surface area (TPSA) is 24.1 Å². The van der Waals surface area contributed by atoms with Crippen LogP contribution in [0.5, 0.6) is 0 Å². The Kier molecular flexibility index (Phi) is 6.46. The van der Waals surface area contributed by atoms with Gasteiger partial charge in [0.05, 0.1) is 0 Å². The second-order valence-corrected chi connectivity index (χ2v) is 6.74. The predicted octanol–water partition coefficient (Wildman–Crippen LogP) is 4.98. The van der Waals surface area contributed by atoms with Crippen LogP contribution < -0.4 is 10.6 Å². The zero-order valence-electron chi connectivity index (χ0n) is 14.6. The van der Waals surface area contributed by atoms with Gasteiger partial charge in [-0.3, -0.25) is 0 Å². The number of halogens is 1. The first-order valence-electron chi connectivity index (χ1n) is 8.91. The van der Waals surface area contributed by atoms with Crippen molar-refractivity contribution in [3.8, 4) is 0 Å². The zero-order valence-corrected chi connectivity index (χ0v) is 15.4. The Labute approximate surface area is 155 Å². The van der Waals surface area contributed by atoms with Crippen LogP contribution in [0.1, 0.15) is 24.1 Å². The molecule has 0 bridgehead atoms. The lowest BCUT2D eigenvalue weighted by atomic mass is 10.00. The highest BCUT2D eigenvalue weighted by Gasteiger charge is 2.08. The van der Waals surface area contributed by atoms with Crippen molar-refractivity contribution in [2.24, 2.45) is 0 Å². The van der Waals surface area contributed by atoms with Gasteiger partial charge in [0.15, 0.2) is 0 Å². The van der Waals surface area contributed by atoms with Crippen LogP contribution in [0.15, 0.2) is 66.7 Å². The minimum atomic E-state index is 0.330. The summed E-state index contributed by atoms with van der Waals surface area (Å²) in [5, 5.41) is 10.6. The van der Waals surface area contributed by atoms with Gasteiger partial charge in [-0.25, -0.2) is 0 Å². The van der Waals surface area contributed by atoms with Gasteiger partial charge < -0.3 is 10.6 Å². The Balaban J connectivity index is 1.43. The van der Waals surface area contributed by atoms with Crippen molar-refractivity contribution in [2.75, 3.05) is 19.6 Å². The summed E-state index contributed by atoms with van der Waals surface area (Å²) in [7, 11) is 0. The van der Waals surface area contributed by atoms with E-state index in [1.165, 1.54) is 21.9 Å². The van der Waals surface area contributed by atoms with Gasteiger partial charge in [0, 0.05) is 24.2 Å². The molecule has 0 heterocycles. The molecule has 3 rings (SSSR count). The third-order valence-electron chi connectivity index (χ3n) is 4.57. The monoisotopic (exact) mass is 352 g/mol. The molecule has 2 nitrogen and oxygen atoms in total. The molecule has 2 N–H and O–H groups in total. The van der Waals surface area contributed by atoms with Gasteiger partial charge in [-0.2, -0.15) is 0 Å². The fourth-order valence-electron chi connectivity index (χ4n) is 3.16. The van der Waals surface area contributed by atoms with Gasteiger partial charge in [-0.15, -0.1) is 0 Å². The summed E-state index contributed by atoms with van der Waals surface area (Å²) in [5.74, 6) is 0. The maximum Gasteiger partial charge on any atom is 0.0438 e. The molecule has 0 radical (unpaired) electrons. The Bertz CT molecular complexity index is 810. The van der Waals surface area contributed by atoms with Crippen LogP contribution >= 0.6 is 11.6 Å². The summed E-state index contributed by atoms with van der Waals surface area (Å²) in [4.78, 5) is 0. The first-order chi connectivity index (χ1) is 12.3. The van der Waals surface area contributed by atoms with Gasteiger partial charge >= 0.3 is 0 Å². The molecule has 0 aliphatic carbocycles. The molecule has 0 amide bonds. The van der Waals surface area contributed by atoms with Crippen molar-refractivity contribution >= 4 is 22.4 Å². The van der Waals surface area contributed by atoms with Gasteiger partial charge in [0.25, 0.3) is 0 Å². The van der Waals surface area contributed by atoms with Crippen LogP contribution in [0.4, 0.5) is 0 Å². The summed E-state index contributed by atoms with van der Waals surface area (Å²) in [5.41, 5.74) is 2.56. The van der Waals surface area contributed by atoms with Crippen molar-refractivity contribution in [3.63, 3.8) is 0 Å². The smallest absolute Gasteiger partial charge is 0.0438 e. The summed E-state index contributed by atoms with van der Waals surface area (Å²) >= 11 is 6.18. The van der Waals surface area contributed by atoms with Crippen LogP contribution in [0.3, 0.4) is 0 Å². The van der Waals surface area contributed by atoms with Crippen molar-refractivity contribution < 1.29 is 0 Å². The molecule has 0 fully saturated rings. The highest BCUT2D eigenvalue weighted by atomic mass is 35.5. The molecule has 0 unspecified atom stereocenters. The second-order valence-electron chi connectivity index (χ2n) is 6.34. The molecule has 130 valence electrons. The van der Waals surface area contributed by atoms with Gasteiger partial charge in [-0.1, -0.05) is 72.3 Å². The standard InChI is InChI=1S/C22H25ClN2/c1-17(20-11-6-9-18-7-2-4-10-21(18)20)25-16-15-24-14-13-19-8-3-5-12-22(19)23/h2-12,17,24-25H,13-16H2,1H3/t17-/m0/s1. The van der Waals surface area contributed by atoms with Crippen molar-refractivity contribution in [3.05, 3.63) is 82.9 Å². The van der Waals surface area contributed by atoms with Gasteiger partial charge in [0.2, 0.25) is 0 Å². The molecule has 25 heavy (non-hydrogen) atoms. The van der Waals surface area contributed by atoms with Crippen molar-refractivity contribution in [1.29, 1.82) is 0 Å². The van der Waals surface area contributed by atoms with Crippen LogP contribution in [0, 0.1) is 0 Å². The molecule has 0 aliphatic rings. The average Bonchev–Trinajstić information content (AvgIpc) is 2.65. The van der Waals surface area contributed by atoms with Crippen molar-refractivity contribution in [2.45, 2.75) is 19.4 Å². The SMILES string of the molecule is C[C@H](NCCNCCc1ccccc1Cl)c1cccc2ccccc12. The number of nitrogens with one attached hydrogen (secondary N) is 2. The van der Waals surface area contributed by atoms with Crippen LogP contribution in [-0.4, -0.2) is 19.6 Å². The first kappa shape index (κ1) is 17.9. The molecule has 3 aromatic rings. The maximum atomic E-state index is 6.18. The number of hydrogen-bond donors (Lipinski definition) is 2.